The molecule has 0 fully saturated rings. The van der Waals surface area contributed by atoms with E-state index in [0.717, 1.165) is 11.1 Å². The van der Waals surface area contributed by atoms with Crippen molar-refractivity contribution < 1.29 is 14.4 Å². The molecule has 0 saturated heterocycles. The molecule has 0 spiro atoms. The van der Waals surface area contributed by atoms with Crippen LogP contribution in [0.15, 0.2) is 46.4 Å². The van der Waals surface area contributed by atoms with E-state index in [2.05, 4.69) is 20.6 Å². The molecule has 0 aliphatic heterocycles. The zero-order chi connectivity index (χ0) is 18.9. The van der Waals surface area contributed by atoms with Gasteiger partial charge in [-0.15, -0.1) is 0 Å². The van der Waals surface area contributed by atoms with E-state index in [1.54, 1.807) is 36.4 Å². The summed E-state index contributed by atoms with van der Waals surface area (Å²) >= 11 is 0. The van der Waals surface area contributed by atoms with E-state index in [-0.39, 0.29) is 0 Å². The molecular formula is C19H18N4O3. The second kappa shape index (κ2) is 9.08. The standard InChI is InChI=1S/C19H18N4O3/c1-3-13-15(20-11-24)7-5-9-17(13)22-19(26)23-18-10-6-8-16(21-12-25)14(18)4-2/h5-10H,3-4H2,1-2H3,(H2,22,23,26). The molecule has 2 aromatic carbocycles. The first-order chi connectivity index (χ1) is 12.6. The third kappa shape index (κ3) is 4.30. The summed E-state index contributed by atoms with van der Waals surface area (Å²) in [6.45, 7) is 3.80. The Morgan fingerprint density at radius 2 is 1.27 bits per heavy atom. The van der Waals surface area contributed by atoms with Gasteiger partial charge in [-0.3, -0.25) is 0 Å². The van der Waals surface area contributed by atoms with Crippen molar-refractivity contribution in [2.24, 2.45) is 9.98 Å². The molecule has 7 heteroatoms. The summed E-state index contributed by atoms with van der Waals surface area (Å²) < 4.78 is 0. The Morgan fingerprint density at radius 3 is 1.62 bits per heavy atom. The van der Waals surface area contributed by atoms with Crippen LogP contribution >= 0.6 is 0 Å². The molecule has 0 bridgehead atoms. The lowest BCUT2D eigenvalue weighted by Gasteiger charge is -2.14. The van der Waals surface area contributed by atoms with Crippen LogP contribution in [0.3, 0.4) is 0 Å². The van der Waals surface area contributed by atoms with E-state index >= 15 is 0 Å². The maximum Gasteiger partial charge on any atom is 0.323 e. The Kier molecular flexibility index (Phi) is 6.57. The van der Waals surface area contributed by atoms with Crippen LogP contribution < -0.4 is 10.6 Å². The fourth-order valence-electron chi connectivity index (χ4n) is 2.71. The first-order valence-electron chi connectivity index (χ1n) is 8.12. The summed E-state index contributed by atoms with van der Waals surface area (Å²) in [6, 6.07) is 9.77. The summed E-state index contributed by atoms with van der Waals surface area (Å²) in [5, 5.41) is 5.53. The van der Waals surface area contributed by atoms with Gasteiger partial charge in [0.2, 0.25) is 12.2 Å². The average Bonchev–Trinajstić information content (AvgIpc) is 2.63. The van der Waals surface area contributed by atoms with Crippen LogP contribution in [-0.4, -0.2) is 18.2 Å². The molecule has 0 saturated carbocycles. The van der Waals surface area contributed by atoms with Gasteiger partial charge in [-0.25, -0.2) is 14.4 Å². The highest BCUT2D eigenvalue weighted by atomic mass is 16.2. The molecule has 2 amide bonds. The van der Waals surface area contributed by atoms with E-state index in [1.165, 1.54) is 12.2 Å². The van der Waals surface area contributed by atoms with Crippen molar-refractivity contribution in [2.75, 3.05) is 10.6 Å². The Balaban J connectivity index is 2.28. The van der Waals surface area contributed by atoms with Gasteiger partial charge in [0.25, 0.3) is 0 Å². The predicted octanol–water partition coefficient (Wildman–Crippen LogP) is 4.39. The highest BCUT2D eigenvalue weighted by Crippen LogP contribution is 2.29. The van der Waals surface area contributed by atoms with Crippen LogP contribution in [0.4, 0.5) is 27.5 Å². The second-order valence-corrected chi connectivity index (χ2v) is 5.30. The number of carbonyl (C=O) groups excluding carboxylic acids is 3. The van der Waals surface area contributed by atoms with E-state index in [9.17, 15) is 14.4 Å². The number of hydrogen-bond acceptors (Lipinski definition) is 5. The molecule has 0 atom stereocenters. The molecule has 2 rings (SSSR count). The molecule has 0 radical (unpaired) electrons. The van der Waals surface area contributed by atoms with E-state index in [4.69, 9.17) is 0 Å². The molecular weight excluding hydrogens is 332 g/mol. The van der Waals surface area contributed by atoms with Gasteiger partial charge in [0, 0.05) is 22.5 Å². The third-order valence-corrected chi connectivity index (χ3v) is 3.84. The second-order valence-electron chi connectivity index (χ2n) is 5.30. The first kappa shape index (κ1) is 18.8. The fraction of sp³-hybridized carbons (Fsp3) is 0.211. The summed E-state index contributed by atoms with van der Waals surface area (Å²) in [6.07, 6.45) is 4.20. The highest BCUT2D eigenvalue weighted by molar-refractivity contribution is 6.01. The summed E-state index contributed by atoms with van der Waals surface area (Å²) in [5.74, 6) is 0. The molecule has 26 heavy (non-hydrogen) atoms. The SMILES string of the molecule is CCc1c(N=C=O)cccc1NC(=O)Nc1cccc(N=C=O)c1CC. The van der Waals surface area contributed by atoms with Crippen LogP contribution in [0.1, 0.15) is 25.0 Å². The van der Waals surface area contributed by atoms with Gasteiger partial charge < -0.3 is 10.6 Å². The number of aliphatic imine (C=N–C) groups is 2. The van der Waals surface area contributed by atoms with Gasteiger partial charge in [0.1, 0.15) is 0 Å². The number of hydrogen-bond donors (Lipinski definition) is 2. The molecule has 0 aliphatic carbocycles. The Morgan fingerprint density at radius 1 is 0.846 bits per heavy atom. The summed E-state index contributed by atoms with van der Waals surface area (Å²) in [4.78, 5) is 40.8. The number of nitrogens with zero attached hydrogens (tertiary/aromatic N) is 2. The molecule has 0 unspecified atom stereocenters. The van der Waals surface area contributed by atoms with E-state index in [1.807, 2.05) is 13.8 Å². The third-order valence-electron chi connectivity index (χ3n) is 3.84. The predicted molar refractivity (Wildman–Crippen MR) is 99.8 cm³/mol. The number of anilines is 2. The van der Waals surface area contributed by atoms with Crippen molar-refractivity contribution >= 4 is 40.9 Å². The number of amides is 2. The number of urea groups is 1. The van der Waals surface area contributed by atoms with Crippen molar-refractivity contribution in [3.8, 4) is 0 Å². The van der Waals surface area contributed by atoms with Gasteiger partial charge in [0.15, 0.2) is 0 Å². The molecule has 0 aromatic heterocycles. The minimum absolute atomic E-state index is 0.450. The van der Waals surface area contributed by atoms with E-state index in [0.29, 0.717) is 35.6 Å². The molecule has 2 N–H and O–H groups in total. The number of benzene rings is 2. The Labute approximate surface area is 150 Å². The van der Waals surface area contributed by atoms with Gasteiger partial charge in [-0.1, -0.05) is 26.0 Å². The largest absolute Gasteiger partial charge is 0.323 e. The maximum atomic E-state index is 12.4. The number of nitrogens with one attached hydrogen (secondary N) is 2. The van der Waals surface area contributed by atoms with Crippen LogP contribution in [-0.2, 0) is 22.4 Å². The number of isocyanates is 2. The van der Waals surface area contributed by atoms with Gasteiger partial charge in [-0.2, -0.15) is 9.98 Å². The molecule has 7 nitrogen and oxygen atoms in total. The normalized spacial score (nSPS) is 9.62. The fourth-order valence-corrected chi connectivity index (χ4v) is 2.71. The van der Waals surface area contributed by atoms with Crippen LogP contribution in [0.2, 0.25) is 0 Å². The quantitative estimate of drug-likeness (QED) is 0.597. The average molecular weight is 350 g/mol. The lowest BCUT2D eigenvalue weighted by molar-refractivity contribution is 0.262. The van der Waals surface area contributed by atoms with Gasteiger partial charge in [-0.05, 0) is 37.1 Å². The van der Waals surface area contributed by atoms with Crippen molar-refractivity contribution in [3.05, 3.63) is 47.5 Å². The van der Waals surface area contributed by atoms with Gasteiger partial charge in [0.05, 0.1) is 11.4 Å². The Hall–Kier alpha value is -3.53. The molecule has 0 heterocycles. The Bertz CT molecular complexity index is 837. The zero-order valence-electron chi connectivity index (χ0n) is 14.5. The van der Waals surface area contributed by atoms with Crippen LogP contribution in [0.25, 0.3) is 0 Å². The summed E-state index contributed by atoms with van der Waals surface area (Å²) in [7, 11) is 0. The lowest BCUT2D eigenvalue weighted by Crippen LogP contribution is -2.21. The number of carbonyl (C=O) groups is 1. The monoisotopic (exact) mass is 350 g/mol. The van der Waals surface area contributed by atoms with Crippen molar-refractivity contribution in [1.29, 1.82) is 0 Å². The van der Waals surface area contributed by atoms with Gasteiger partial charge >= 0.3 is 6.03 Å². The molecule has 2 aromatic rings. The van der Waals surface area contributed by atoms with Crippen molar-refractivity contribution in [3.63, 3.8) is 0 Å². The lowest BCUT2D eigenvalue weighted by atomic mass is 10.1. The van der Waals surface area contributed by atoms with E-state index < -0.39 is 6.03 Å². The van der Waals surface area contributed by atoms with Crippen LogP contribution in [0.5, 0.6) is 0 Å². The topological polar surface area (TPSA) is 100.0 Å². The maximum absolute atomic E-state index is 12.4. The van der Waals surface area contributed by atoms with Crippen molar-refractivity contribution in [1.82, 2.24) is 0 Å². The number of rotatable bonds is 6. The first-order valence-corrected chi connectivity index (χ1v) is 8.12. The minimum Gasteiger partial charge on any atom is -0.307 e. The van der Waals surface area contributed by atoms with Crippen LogP contribution in [0, 0.1) is 0 Å². The molecule has 132 valence electrons. The van der Waals surface area contributed by atoms with Crippen molar-refractivity contribution in [2.45, 2.75) is 26.7 Å². The zero-order valence-corrected chi connectivity index (χ0v) is 14.5. The minimum atomic E-state index is -0.450. The smallest absolute Gasteiger partial charge is 0.307 e. The molecule has 0 aliphatic rings. The highest BCUT2D eigenvalue weighted by Gasteiger charge is 2.12. The summed E-state index contributed by atoms with van der Waals surface area (Å²) in [5.41, 5.74) is 3.53.